The molecule has 0 radical (unpaired) electrons. The molecule has 4 rings (SSSR count). The van der Waals surface area contributed by atoms with Crippen molar-refractivity contribution < 1.29 is 27.2 Å². The number of nitrogens with zero attached hydrogens (tertiary/aromatic N) is 2. The zero-order valence-electron chi connectivity index (χ0n) is 17.5. The maximum Gasteiger partial charge on any atom is 0.416 e. The largest absolute Gasteiger partial charge is 0.416 e. The van der Waals surface area contributed by atoms with Gasteiger partial charge in [0.05, 0.1) is 17.7 Å². The summed E-state index contributed by atoms with van der Waals surface area (Å²) in [6, 6.07) is 9.91. The molecule has 1 unspecified atom stereocenters. The van der Waals surface area contributed by atoms with Crippen molar-refractivity contribution in [3.63, 3.8) is 0 Å². The third-order valence-corrected chi connectivity index (χ3v) is 5.84. The molecule has 1 fully saturated rings. The molecular formula is C24H22F4N2O2. The number of likely N-dealkylation sites (tertiary alicyclic amines) is 1. The van der Waals surface area contributed by atoms with Gasteiger partial charge in [-0.2, -0.15) is 13.2 Å². The molecule has 0 aliphatic carbocycles. The third-order valence-electron chi connectivity index (χ3n) is 5.84. The Morgan fingerprint density at radius 1 is 1.03 bits per heavy atom. The molecule has 8 heteroatoms. The topological polar surface area (TPSA) is 40.6 Å². The fourth-order valence-corrected chi connectivity index (χ4v) is 4.30. The Labute approximate surface area is 183 Å². The summed E-state index contributed by atoms with van der Waals surface area (Å²) >= 11 is 0. The Hall–Kier alpha value is -3.16. The molecule has 2 aliphatic heterocycles. The molecule has 1 atom stereocenters. The molecule has 2 aromatic carbocycles. The first kappa shape index (κ1) is 22.0. The number of piperidine rings is 1. The van der Waals surface area contributed by atoms with Crippen LogP contribution in [-0.4, -0.2) is 34.7 Å². The number of hydrogen-bond acceptors (Lipinski definition) is 3. The Morgan fingerprint density at radius 3 is 2.41 bits per heavy atom. The first-order chi connectivity index (χ1) is 15.1. The summed E-state index contributed by atoms with van der Waals surface area (Å²) in [6.45, 7) is 2.97. The Morgan fingerprint density at radius 2 is 1.75 bits per heavy atom. The number of carbonyl (C=O) groups excluding carboxylic acids is 2. The van der Waals surface area contributed by atoms with Crippen LogP contribution < -0.4 is 0 Å². The number of amides is 2. The Balaban J connectivity index is 1.71. The van der Waals surface area contributed by atoms with Gasteiger partial charge < -0.3 is 4.90 Å². The van der Waals surface area contributed by atoms with Crippen molar-refractivity contribution in [2.75, 3.05) is 13.1 Å². The lowest BCUT2D eigenvalue weighted by molar-refractivity contribution is -0.138. The molecule has 0 saturated carbocycles. The number of rotatable bonds is 4. The number of hydrogen-bond donors (Lipinski definition) is 0. The fourth-order valence-electron chi connectivity index (χ4n) is 4.30. The van der Waals surface area contributed by atoms with E-state index in [0.29, 0.717) is 24.6 Å². The molecule has 4 nitrogen and oxygen atoms in total. The van der Waals surface area contributed by atoms with Crippen LogP contribution in [0.5, 0.6) is 0 Å². The quantitative estimate of drug-likeness (QED) is 0.498. The van der Waals surface area contributed by atoms with Crippen LogP contribution in [0, 0.1) is 11.7 Å². The number of carbonyl (C=O) groups is 2. The number of halogens is 4. The van der Waals surface area contributed by atoms with E-state index in [1.54, 1.807) is 0 Å². The minimum Gasteiger partial charge on any atom is -0.366 e. The van der Waals surface area contributed by atoms with E-state index < -0.39 is 29.4 Å². The predicted octanol–water partition coefficient (Wildman–Crippen LogP) is 4.86. The summed E-state index contributed by atoms with van der Waals surface area (Å²) in [5.74, 6) is -1.28. The summed E-state index contributed by atoms with van der Waals surface area (Å²) < 4.78 is 52.8. The minimum atomic E-state index is -4.53. The molecule has 0 spiro atoms. The summed E-state index contributed by atoms with van der Waals surface area (Å²) in [5.41, 5.74) is 0.167. The highest BCUT2D eigenvalue weighted by Gasteiger charge is 2.42. The third kappa shape index (κ3) is 4.26. The zero-order chi connectivity index (χ0) is 23.0. The van der Waals surface area contributed by atoms with Crippen LogP contribution >= 0.6 is 0 Å². The van der Waals surface area contributed by atoms with Gasteiger partial charge in [0.25, 0.3) is 11.8 Å². The van der Waals surface area contributed by atoms with Crippen molar-refractivity contribution >= 4 is 17.4 Å². The van der Waals surface area contributed by atoms with Gasteiger partial charge in [-0.1, -0.05) is 31.2 Å². The van der Waals surface area contributed by atoms with Crippen molar-refractivity contribution in [3.8, 4) is 0 Å². The van der Waals surface area contributed by atoms with Gasteiger partial charge in [0.15, 0.2) is 0 Å². The standard InChI is InChI=1S/C24H22F4N2O2/c1-15-4-3-11-29(13-15)21-20(17-7-9-19(25)10-8-17)22(31)30(23(21)32)14-16-5-2-6-18(12-16)24(26,27)28/h2,5-10,12,15H,3-4,11,13-14H2,1H3. The van der Waals surface area contributed by atoms with Crippen LogP contribution in [0.1, 0.15) is 36.5 Å². The van der Waals surface area contributed by atoms with Crippen molar-refractivity contribution in [3.05, 3.63) is 76.7 Å². The summed E-state index contributed by atoms with van der Waals surface area (Å²) in [6.07, 6.45) is -2.66. The van der Waals surface area contributed by atoms with Gasteiger partial charge in [-0.3, -0.25) is 14.5 Å². The van der Waals surface area contributed by atoms with E-state index in [0.717, 1.165) is 29.9 Å². The average molecular weight is 446 g/mol. The van der Waals surface area contributed by atoms with E-state index in [4.69, 9.17) is 0 Å². The van der Waals surface area contributed by atoms with Gasteiger partial charge in [-0.05, 0) is 54.2 Å². The fraction of sp³-hybridized carbons (Fsp3) is 0.333. The van der Waals surface area contributed by atoms with Crippen LogP contribution in [-0.2, 0) is 22.3 Å². The number of alkyl halides is 3. The van der Waals surface area contributed by atoms with Crippen molar-refractivity contribution in [1.29, 1.82) is 0 Å². The molecule has 2 aliphatic rings. The predicted molar refractivity (Wildman–Crippen MR) is 110 cm³/mol. The van der Waals surface area contributed by atoms with Gasteiger partial charge in [0.2, 0.25) is 0 Å². The van der Waals surface area contributed by atoms with Crippen LogP contribution in [0.2, 0.25) is 0 Å². The first-order valence-corrected chi connectivity index (χ1v) is 10.4. The van der Waals surface area contributed by atoms with Crippen LogP contribution in [0.3, 0.4) is 0 Å². The second-order valence-corrected chi connectivity index (χ2v) is 8.32. The summed E-state index contributed by atoms with van der Waals surface area (Å²) in [4.78, 5) is 29.5. The maximum atomic E-state index is 13.5. The smallest absolute Gasteiger partial charge is 0.366 e. The first-order valence-electron chi connectivity index (χ1n) is 10.4. The summed E-state index contributed by atoms with van der Waals surface area (Å²) in [5, 5.41) is 0. The highest BCUT2D eigenvalue weighted by atomic mass is 19.4. The maximum absolute atomic E-state index is 13.5. The Kier molecular flexibility index (Phi) is 5.79. The number of imide groups is 1. The van der Waals surface area contributed by atoms with E-state index in [2.05, 4.69) is 6.92 Å². The van der Waals surface area contributed by atoms with E-state index in [9.17, 15) is 27.2 Å². The molecule has 2 amide bonds. The van der Waals surface area contributed by atoms with Gasteiger partial charge in [0.1, 0.15) is 11.5 Å². The molecule has 168 valence electrons. The van der Waals surface area contributed by atoms with Crippen molar-refractivity contribution in [2.24, 2.45) is 5.92 Å². The van der Waals surface area contributed by atoms with Crippen molar-refractivity contribution in [2.45, 2.75) is 32.5 Å². The SMILES string of the molecule is CC1CCCN(C2=C(c3ccc(F)cc3)C(=O)N(Cc3cccc(C(F)(F)F)c3)C2=O)C1. The highest BCUT2D eigenvalue weighted by Crippen LogP contribution is 2.35. The van der Waals surface area contributed by atoms with Crippen LogP contribution in [0.4, 0.5) is 17.6 Å². The van der Waals surface area contributed by atoms with E-state index in [1.165, 1.54) is 36.4 Å². The van der Waals surface area contributed by atoms with Gasteiger partial charge >= 0.3 is 6.18 Å². The van der Waals surface area contributed by atoms with Crippen LogP contribution in [0.25, 0.3) is 5.57 Å². The average Bonchev–Trinajstić information content (AvgIpc) is 2.99. The highest BCUT2D eigenvalue weighted by molar-refractivity contribution is 6.35. The summed E-state index contributed by atoms with van der Waals surface area (Å²) in [7, 11) is 0. The lowest BCUT2D eigenvalue weighted by Crippen LogP contribution is -2.39. The molecule has 2 aromatic rings. The lowest BCUT2D eigenvalue weighted by atomic mass is 9.98. The molecule has 2 heterocycles. The van der Waals surface area contributed by atoms with Gasteiger partial charge in [0, 0.05) is 13.1 Å². The zero-order valence-corrected chi connectivity index (χ0v) is 17.5. The molecule has 32 heavy (non-hydrogen) atoms. The molecule has 0 N–H and O–H groups in total. The normalized spacial score (nSPS) is 19.8. The van der Waals surface area contributed by atoms with E-state index in [-0.39, 0.29) is 23.4 Å². The molecule has 0 bridgehead atoms. The van der Waals surface area contributed by atoms with Crippen molar-refractivity contribution in [1.82, 2.24) is 9.80 Å². The second-order valence-electron chi connectivity index (χ2n) is 8.32. The lowest BCUT2D eigenvalue weighted by Gasteiger charge is -2.33. The van der Waals surface area contributed by atoms with Gasteiger partial charge in [-0.15, -0.1) is 0 Å². The molecular weight excluding hydrogens is 424 g/mol. The monoisotopic (exact) mass is 446 g/mol. The number of benzene rings is 2. The Bertz CT molecular complexity index is 1080. The molecule has 0 aromatic heterocycles. The second kappa shape index (κ2) is 8.41. The van der Waals surface area contributed by atoms with E-state index in [1.807, 2.05) is 4.90 Å². The van der Waals surface area contributed by atoms with Gasteiger partial charge in [-0.25, -0.2) is 4.39 Å². The van der Waals surface area contributed by atoms with E-state index >= 15 is 0 Å². The van der Waals surface area contributed by atoms with Crippen LogP contribution in [0.15, 0.2) is 54.2 Å². The minimum absolute atomic E-state index is 0.163. The molecule has 1 saturated heterocycles.